The molecule has 1 amide bonds. The van der Waals surface area contributed by atoms with E-state index in [-0.39, 0.29) is 12.0 Å². The molecule has 3 rings (SSSR count). The Balaban J connectivity index is 1.58. The highest BCUT2D eigenvalue weighted by Crippen LogP contribution is 2.19. The third-order valence-corrected chi connectivity index (χ3v) is 4.76. The lowest BCUT2D eigenvalue weighted by atomic mass is 10.1. The third kappa shape index (κ3) is 4.69. The number of benzene rings is 1. The van der Waals surface area contributed by atoms with Gasteiger partial charge in [-0.05, 0) is 36.5 Å². The number of rotatable bonds is 5. The van der Waals surface area contributed by atoms with E-state index in [4.69, 9.17) is 16.3 Å². The maximum atomic E-state index is 12.6. The molecule has 1 unspecified atom stereocenters. The number of nitrogens with zero attached hydrogens (tertiary/aromatic N) is 3. The van der Waals surface area contributed by atoms with Crippen LogP contribution in [0.3, 0.4) is 0 Å². The van der Waals surface area contributed by atoms with Gasteiger partial charge in [-0.3, -0.25) is 4.79 Å². The van der Waals surface area contributed by atoms with Crippen LogP contribution in [0.1, 0.15) is 30.9 Å². The molecule has 25 heavy (non-hydrogen) atoms. The first kappa shape index (κ1) is 17.7. The Kier molecular flexibility index (Phi) is 5.87. The van der Waals surface area contributed by atoms with Crippen molar-refractivity contribution in [2.75, 3.05) is 13.1 Å². The quantitative estimate of drug-likeness (QED) is 0.821. The number of carbonyl (C=O) groups excluding carboxylic acids is 1. The van der Waals surface area contributed by atoms with Gasteiger partial charge in [-0.2, -0.15) is 0 Å². The second-order valence-corrected chi connectivity index (χ2v) is 6.62. The summed E-state index contributed by atoms with van der Waals surface area (Å²) < 4.78 is 5.87. The van der Waals surface area contributed by atoms with Crippen molar-refractivity contribution in [3.63, 3.8) is 0 Å². The molecule has 0 spiro atoms. The molecule has 0 N–H and O–H groups in total. The molecule has 1 atom stereocenters. The fourth-order valence-electron chi connectivity index (χ4n) is 2.91. The summed E-state index contributed by atoms with van der Waals surface area (Å²) in [5.41, 5.74) is 1.93. The summed E-state index contributed by atoms with van der Waals surface area (Å²) in [5.74, 6) is 0.0728. The average Bonchev–Trinajstić information content (AvgIpc) is 2.64. The minimum absolute atomic E-state index is 0.0728. The Morgan fingerprint density at radius 3 is 2.80 bits per heavy atom. The van der Waals surface area contributed by atoms with Gasteiger partial charge < -0.3 is 9.64 Å². The molecule has 0 aliphatic carbocycles. The number of hydrogen-bond donors (Lipinski definition) is 0. The Hall–Kier alpha value is -2.14. The normalized spacial score (nSPS) is 17.4. The van der Waals surface area contributed by atoms with Crippen LogP contribution in [0.15, 0.2) is 36.7 Å². The third-order valence-electron chi connectivity index (χ3n) is 4.39. The summed E-state index contributed by atoms with van der Waals surface area (Å²) in [6.07, 6.45) is 6.51. The van der Waals surface area contributed by atoms with Gasteiger partial charge in [-0.1, -0.05) is 36.7 Å². The number of hydrogen-bond acceptors (Lipinski definition) is 4. The van der Waals surface area contributed by atoms with Gasteiger partial charge >= 0.3 is 6.01 Å². The molecule has 1 aliphatic rings. The Morgan fingerprint density at radius 2 is 2.08 bits per heavy atom. The molecule has 5 nitrogen and oxygen atoms in total. The van der Waals surface area contributed by atoms with E-state index in [1.54, 1.807) is 12.4 Å². The van der Waals surface area contributed by atoms with Gasteiger partial charge in [0.2, 0.25) is 5.91 Å². The second kappa shape index (κ2) is 8.30. The maximum absolute atomic E-state index is 12.6. The molecular weight excluding hydrogens is 338 g/mol. The first-order valence-electron chi connectivity index (χ1n) is 8.64. The van der Waals surface area contributed by atoms with Gasteiger partial charge in [0.25, 0.3) is 0 Å². The molecule has 1 fully saturated rings. The lowest BCUT2D eigenvalue weighted by Gasteiger charge is -2.32. The predicted octanol–water partition coefficient (Wildman–Crippen LogP) is 3.30. The monoisotopic (exact) mass is 359 g/mol. The van der Waals surface area contributed by atoms with Gasteiger partial charge in [-0.15, -0.1) is 0 Å². The maximum Gasteiger partial charge on any atom is 0.316 e. The molecule has 1 aliphatic heterocycles. The van der Waals surface area contributed by atoms with Gasteiger partial charge in [0.05, 0.1) is 13.0 Å². The molecule has 2 heterocycles. The zero-order valence-electron chi connectivity index (χ0n) is 14.3. The molecule has 0 saturated carbocycles. The van der Waals surface area contributed by atoms with Gasteiger partial charge in [-0.25, -0.2) is 9.97 Å². The number of halogens is 1. The van der Waals surface area contributed by atoms with Crippen molar-refractivity contribution in [3.05, 3.63) is 52.8 Å². The van der Waals surface area contributed by atoms with E-state index in [1.807, 2.05) is 29.2 Å². The van der Waals surface area contributed by atoms with Crippen LogP contribution in [0.25, 0.3) is 0 Å². The smallest absolute Gasteiger partial charge is 0.316 e. The van der Waals surface area contributed by atoms with Crippen LogP contribution in [-0.4, -0.2) is 40.0 Å². The lowest BCUT2D eigenvalue weighted by Crippen LogP contribution is -2.45. The number of likely N-dealkylation sites (tertiary alicyclic amines) is 1. The number of ether oxygens (including phenoxy) is 1. The zero-order valence-corrected chi connectivity index (χ0v) is 15.1. The van der Waals surface area contributed by atoms with E-state index in [0.717, 1.165) is 36.9 Å². The second-order valence-electron chi connectivity index (χ2n) is 6.22. The van der Waals surface area contributed by atoms with Crippen molar-refractivity contribution in [2.45, 2.75) is 38.7 Å². The van der Waals surface area contributed by atoms with Gasteiger partial charge in [0.1, 0.15) is 6.10 Å². The van der Waals surface area contributed by atoms with Crippen molar-refractivity contribution >= 4 is 17.5 Å². The molecule has 0 radical (unpaired) electrons. The fourth-order valence-corrected chi connectivity index (χ4v) is 3.12. The minimum Gasteiger partial charge on any atom is -0.458 e. The molecule has 0 bridgehead atoms. The Morgan fingerprint density at radius 1 is 1.32 bits per heavy atom. The largest absolute Gasteiger partial charge is 0.458 e. The number of aryl methyl sites for hydroxylation is 1. The summed E-state index contributed by atoms with van der Waals surface area (Å²) in [5, 5.41) is 0.630. The van der Waals surface area contributed by atoms with Crippen molar-refractivity contribution in [2.24, 2.45) is 0 Å². The molecular formula is C19H22ClN3O2. The highest BCUT2D eigenvalue weighted by Gasteiger charge is 2.25. The summed E-state index contributed by atoms with van der Waals surface area (Å²) in [6, 6.07) is 7.84. The molecule has 132 valence electrons. The lowest BCUT2D eigenvalue weighted by molar-refractivity contribution is -0.133. The summed E-state index contributed by atoms with van der Waals surface area (Å²) in [7, 11) is 0. The molecule has 2 aromatic rings. The number of amides is 1. The number of carbonyl (C=O) groups is 1. The molecule has 6 heteroatoms. The fraction of sp³-hybridized carbons (Fsp3) is 0.421. The van der Waals surface area contributed by atoms with E-state index in [2.05, 4.69) is 16.9 Å². The highest BCUT2D eigenvalue weighted by atomic mass is 35.5. The molecule has 1 aromatic carbocycles. The van der Waals surface area contributed by atoms with Crippen molar-refractivity contribution in [3.8, 4) is 6.01 Å². The first-order chi connectivity index (χ1) is 12.2. The standard InChI is InChI=1S/C19H22ClN3O2/c1-2-14-11-21-19(22-12-14)25-16-7-5-9-23(13-16)18(24)10-15-6-3-4-8-17(15)20/h3-4,6,8,11-12,16H,2,5,7,9-10,13H2,1H3. The number of piperidine rings is 1. The van der Waals surface area contributed by atoms with E-state index in [1.165, 1.54) is 0 Å². The van der Waals surface area contributed by atoms with E-state index < -0.39 is 0 Å². The van der Waals surface area contributed by atoms with Crippen LogP contribution < -0.4 is 4.74 Å². The topological polar surface area (TPSA) is 55.3 Å². The van der Waals surface area contributed by atoms with Gasteiger partial charge in [0.15, 0.2) is 0 Å². The van der Waals surface area contributed by atoms with E-state index in [0.29, 0.717) is 24.0 Å². The van der Waals surface area contributed by atoms with Crippen LogP contribution in [0.4, 0.5) is 0 Å². The molecule has 1 aromatic heterocycles. The summed E-state index contributed by atoms with van der Waals surface area (Å²) in [4.78, 5) is 22.9. The summed E-state index contributed by atoms with van der Waals surface area (Å²) in [6.45, 7) is 3.36. The first-order valence-corrected chi connectivity index (χ1v) is 9.02. The Bertz CT molecular complexity index is 721. The van der Waals surface area contributed by atoms with Crippen LogP contribution in [0.2, 0.25) is 5.02 Å². The highest BCUT2D eigenvalue weighted by molar-refractivity contribution is 6.31. The van der Waals surface area contributed by atoms with E-state index in [9.17, 15) is 4.79 Å². The van der Waals surface area contributed by atoms with Crippen LogP contribution in [-0.2, 0) is 17.6 Å². The van der Waals surface area contributed by atoms with Crippen molar-refractivity contribution in [1.82, 2.24) is 14.9 Å². The van der Waals surface area contributed by atoms with Crippen molar-refractivity contribution < 1.29 is 9.53 Å². The summed E-state index contributed by atoms with van der Waals surface area (Å²) >= 11 is 6.16. The minimum atomic E-state index is -0.0728. The predicted molar refractivity (Wildman–Crippen MR) is 96.8 cm³/mol. The molecule has 1 saturated heterocycles. The zero-order chi connectivity index (χ0) is 17.6. The van der Waals surface area contributed by atoms with Crippen molar-refractivity contribution in [1.29, 1.82) is 0 Å². The van der Waals surface area contributed by atoms with Crippen LogP contribution in [0.5, 0.6) is 6.01 Å². The van der Waals surface area contributed by atoms with Crippen LogP contribution in [0, 0.1) is 0 Å². The SMILES string of the molecule is CCc1cnc(OC2CCCN(C(=O)Cc3ccccc3Cl)C2)nc1. The average molecular weight is 360 g/mol. The number of aromatic nitrogens is 2. The van der Waals surface area contributed by atoms with Crippen LogP contribution >= 0.6 is 11.6 Å². The van der Waals surface area contributed by atoms with Gasteiger partial charge in [0, 0.05) is 24.0 Å². The van der Waals surface area contributed by atoms with E-state index >= 15 is 0 Å². The Labute approximate surface area is 153 Å².